The lowest BCUT2D eigenvalue weighted by molar-refractivity contribution is -0.130. The summed E-state index contributed by atoms with van der Waals surface area (Å²) in [5.41, 5.74) is 2.72. The number of hydrogen-bond acceptors (Lipinski definition) is 3. The molecule has 0 aliphatic rings. The largest absolute Gasteiger partial charge is 0.487 e. The summed E-state index contributed by atoms with van der Waals surface area (Å²) in [4.78, 5) is 12.0. The molecule has 0 radical (unpaired) electrons. The molecule has 0 saturated heterocycles. The van der Waals surface area contributed by atoms with Crippen LogP contribution in [0.25, 0.3) is 0 Å². The third-order valence-electron chi connectivity index (χ3n) is 3.53. The van der Waals surface area contributed by atoms with E-state index < -0.39 is 6.10 Å². The van der Waals surface area contributed by atoms with Crippen LogP contribution in [0.5, 0.6) is 5.75 Å². The lowest BCUT2D eigenvalue weighted by atomic mass is 10.0. The summed E-state index contributed by atoms with van der Waals surface area (Å²) < 4.78 is 11.2. The van der Waals surface area contributed by atoms with Gasteiger partial charge >= 0.3 is 0 Å². The maximum absolute atomic E-state index is 12.0. The number of carbonyl (C=O) groups excluding carboxylic acids is 1. The van der Waals surface area contributed by atoms with Crippen LogP contribution >= 0.6 is 11.6 Å². The van der Waals surface area contributed by atoms with Gasteiger partial charge in [0, 0.05) is 14.2 Å². The van der Waals surface area contributed by atoms with Crippen molar-refractivity contribution in [1.82, 2.24) is 5.32 Å². The molecule has 1 N–H and O–H groups in total. The van der Waals surface area contributed by atoms with E-state index in [0.717, 1.165) is 16.7 Å². The molecule has 1 amide bonds. The van der Waals surface area contributed by atoms with Crippen LogP contribution < -0.4 is 10.1 Å². The molecule has 0 aliphatic carbocycles. The molecule has 122 valence electrons. The smallest absolute Gasteiger partial charge is 0.253 e. The molecule has 1 unspecified atom stereocenters. The zero-order chi connectivity index (χ0) is 16.8. The van der Waals surface area contributed by atoms with Gasteiger partial charge in [0.05, 0.1) is 5.02 Å². The molecule has 0 bridgehead atoms. The van der Waals surface area contributed by atoms with Crippen molar-refractivity contribution >= 4 is 17.5 Å². The van der Waals surface area contributed by atoms with Gasteiger partial charge in [0.2, 0.25) is 0 Å². The maximum atomic E-state index is 12.0. The van der Waals surface area contributed by atoms with Crippen LogP contribution in [-0.4, -0.2) is 20.1 Å². The van der Waals surface area contributed by atoms with E-state index in [1.54, 1.807) is 13.1 Å². The zero-order valence-corrected chi connectivity index (χ0v) is 14.2. The molecule has 2 rings (SSSR count). The number of methoxy groups -OCH3 is 1. The first-order chi connectivity index (χ1) is 11.1. The van der Waals surface area contributed by atoms with Gasteiger partial charge in [-0.2, -0.15) is 0 Å². The zero-order valence-electron chi connectivity index (χ0n) is 13.4. The number of aryl methyl sites for hydroxylation is 1. The Labute approximate surface area is 141 Å². The number of ether oxygens (including phenoxy) is 2. The third-order valence-corrected chi connectivity index (χ3v) is 3.84. The molecular formula is C18H20ClNO3. The highest BCUT2D eigenvalue weighted by Crippen LogP contribution is 2.28. The van der Waals surface area contributed by atoms with E-state index in [9.17, 15) is 4.79 Å². The van der Waals surface area contributed by atoms with Crippen LogP contribution in [-0.2, 0) is 16.1 Å². The molecule has 5 heteroatoms. The van der Waals surface area contributed by atoms with Gasteiger partial charge in [-0.15, -0.1) is 0 Å². The Morgan fingerprint density at radius 1 is 1.26 bits per heavy atom. The van der Waals surface area contributed by atoms with Gasteiger partial charge in [-0.05, 0) is 35.7 Å². The van der Waals surface area contributed by atoms with Crippen molar-refractivity contribution < 1.29 is 14.3 Å². The van der Waals surface area contributed by atoms with Gasteiger partial charge in [-0.25, -0.2) is 0 Å². The number of likely N-dealkylation sites (N-methyl/N-ethyl adjacent to an activating group) is 1. The fraction of sp³-hybridized carbons (Fsp3) is 0.278. The Morgan fingerprint density at radius 2 is 2.00 bits per heavy atom. The lowest BCUT2D eigenvalue weighted by Gasteiger charge is -2.18. The molecular weight excluding hydrogens is 314 g/mol. The second-order valence-electron chi connectivity index (χ2n) is 5.15. The number of hydrogen-bond donors (Lipinski definition) is 1. The summed E-state index contributed by atoms with van der Waals surface area (Å²) in [6.07, 6.45) is -0.673. The molecule has 0 saturated carbocycles. The van der Waals surface area contributed by atoms with Crippen molar-refractivity contribution in [3.8, 4) is 5.75 Å². The normalized spacial score (nSPS) is 11.8. The highest BCUT2D eigenvalue weighted by Gasteiger charge is 2.21. The Kier molecular flexibility index (Phi) is 6.02. The molecule has 0 heterocycles. The predicted octanol–water partition coefficient (Wildman–Crippen LogP) is 3.66. The molecule has 2 aromatic carbocycles. The summed E-state index contributed by atoms with van der Waals surface area (Å²) in [6.45, 7) is 2.28. The number of benzene rings is 2. The van der Waals surface area contributed by atoms with Crippen LogP contribution in [0.15, 0.2) is 42.5 Å². The van der Waals surface area contributed by atoms with Gasteiger partial charge in [-0.3, -0.25) is 4.79 Å². The second-order valence-corrected chi connectivity index (χ2v) is 5.56. The highest BCUT2D eigenvalue weighted by atomic mass is 35.5. The van der Waals surface area contributed by atoms with Crippen molar-refractivity contribution in [1.29, 1.82) is 0 Å². The van der Waals surface area contributed by atoms with Crippen molar-refractivity contribution in [2.24, 2.45) is 0 Å². The van der Waals surface area contributed by atoms with E-state index >= 15 is 0 Å². The van der Waals surface area contributed by atoms with Crippen molar-refractivity contribution in [2.45, 2.75) is 19.6 Å². The van der Waals surface area contributed by atoms with Crippen LogP contribution in [0.4, 0.5) is 0 Å². The Balaban J connectivity index is 2.23. The molecule has 0 fully saturated rings. The van der Waals surface area contributed by atoms with Crippen molar-refractivity contribution in [2.75, 3.05) is 14.2 Å². The Morgan fingerprint density at radius 3 is 2.70 bits per heavy atom. The molecule has 4 nitrogen and oxygen atoms in total. The molecule has 1 atom stereocenters. The standard InChI is InChI=1S/C18H20ClNO3/c1-12-8-9-15(19)16(10-12)23-11-13-6-4-5-7-14(13)17(22-3)18(21)20-2/h4-10,17H,11H2,1-3H3,(H,20,21). The van der Waals surface area contributed by atoms with E-state index in [4.69, 9.17) is 21.1 Å². The number of carbonyl (C=O) groups is 1. The first-order valence-corrected chi connectivity index (χ1v) is 7.65. The molecule has 0 aliphatic heterocycles. The number of amides is 1. The fourth-order valence-corrected chi connectivity index (χ4v) is 2.48. The van der Waals surface area contributed by atoms with E-state index in [1.807, 2.05) is 43.3 Å². The average molecular weight is 334 g/mol. The first kappa shape index (κ1) is 17.3. The monoisotopic (exact) mass is 333 g/mol. The van der Waals surface area contributed by atoms with Crippen LogP contribution in [0.1, 0.15) is 22.8 Å². The summed E-state index contributed by atoms with van der Waals surface area (Å²) in [7, 11) is 3.09. The van der Waals surface area contributed by atoms with E-state index in [2.05, 4.69) is 5.32 Å². The minimum absolute atomic E-state index is 0.200. The average Bonchev–Trinajstić information content (AvgIpc) is 2.57. The first-order valence-electron chi connectivity index (χ1n) is 7.28. The topological polar surface area (TPSA) is 47.6 Å². The summed E-state index contributed by atoms with van der Waals surface area (Å²) in [5.74, 6) is 0.420. The van der Waals surface area contributed by atoms with Gasteiger partial charge in [0.25, 0.3) is 5.91 Å². The van der Waals surface area contributed by atoms with Gasteiger partial charge < -0.3 is 14.8 Å². The van der Waals surface area contributed by atoms with Crippen LogP contribution in [0, 0.1) is 6.92 Å². The maximum Gasteiger partial charge on any atom is 0.253 e. The number of rotatable bonds is 6. The van der Waals surface area contributed by atoms with E-state index in [0.29, 0.717) is 17.4 Å². The minimum atomic E-state index is -0.673. The fourth-order valence-electron chi connectivity index (χ4n) is 2.30. The van der Waals surface area contributed by atoms with Gasteiger partial charge in [0.1, 0.15) is 12.4 Å². The minimum Gasteiger partial charge on any atom is -0.487 e. The predicted molar refractivity (Wildman–Crippen MR) is 90.8 cm³/mol. The van der Waals surface area contributed by atoms with E-state index in [1.165, 1.54) is 7.11 Å². The number of halogens is 1. The summed E-state index contributed by atoms with van der Waals surface area (Å²) in [5, 5.41) is 3.16. The molecule has 0 spiro atoms. The van der Waals surface area contributed by atoms with Gasteiger partial charge in [0.15, 0.2) is 6.10 Å². The Hall–Kier alpha value is -2.04. The van der Waals surface area contributed by atoms with Gasteiger partial charge in [-0.1, -0.05) is 41.9 Å². The SMILES string of the molecule is CNC(=O)C(OC)c1ccccc1COc1cc(C)ccc1Cl. The molecule has 23 heavy (non-hydrogen) atoms. The molecule has 2 aromatic rings. The summed E-state index contributed by atoms with van der Waals surface area (Å²) in [6, 6.07) is 13.2. The van der Waals surface area contributed by atoms with Crippen LogP contribution in [0.3, 0.4) is 0 Å². The quantitative estimate of drug-likeness (QED) is 0.877. The highest BCUT2D eigenvalue weighted by molar-refractivity contribution is 6.32. The lowest BCUT2D eigenvalue weighted by Crippen LogP contribution is -2.27. The third kappa shape index (κ3) is 4.24. The number of nitrogens with one attached hydrogen (secondary N) is 1. The van der Waals surface area contributed by atoms with Crippen molar-refractivity contribution in [3.63, 3.8) is 0 Å². The second kappa shape index (κ2) is 7.99. The molecule has 0 aromatic heterocycles. The summed E-state index contributed by atoms with van der Waals surface area (Å²) >= 11 is 6.15. The Bertz CT molecular complexity index is 688. The van der Waals surface area contributed by atoms with Crippen LogP contribution in [0.2, 0.25) is 5.02 Å². The van der Waals surface area contributed by atoms with E-state index in [-0.39, 0.29) is 5.91 Å². The van der Waals surface area contributed by atoms with Crippen molar-refractivity contribution in [3.05, 3.63) is 64.2 Å².